The first-order valence-corrected chi connectivity index (χ1v) is 8.05. The van der Waals surface area contributed by atoms with Crippen LogP contribution < -0.4 is 15.5 Å². The molecule has 0 aromatic rings. The summed E-state index contributed by atoms with van der Waals surface area (Å²) in [5, 5.41) is 5.38. The molecule has 0 aliphatic carbocycles. The van der Waals surface area contributed by atoms with Crippen LogP contribution >= 0.6 is 0 Å². The van der Waals surface area contributed by atoms with E-state index in [9.17, 15) is 14.4 Å². The number of hydrogen-bond donors (Lipinski definition) is 3. The number of piperidine rings is 1. The lowest BCUT2D eigenvalue weighted by atomic mass is 9.97. The summed E-state index contributed by atoms with van der Waals surface area (Å²) >= 11 is 0. The summed E-state index contributed by atoms with van der Waals surface area (Å²) in [6.07, 6.45) is 1.49. The smallest absolute Gasteiger partial charge is 0.309 e. The first-order chi connectivity index (χ1) is 10.5. The van der Waals surface area contributed by atoms with E-state index in [1.807, 2.05) is 6.92 Å². The molecule has 3 N–H and O–H groups in total. The third kappa shape index (κ3) is 6.01. The van der Waals surface area contributed by atoms with Gasteiger partial charge in [-0.3, -0.25) is 14.4 Å². The van der Waals surface area contributed by atoms with E-state index in [1.165, 1.54) is 0 Å². The van der Waals surface area contributed by atoms with E-state index in [4.69, 9.17) is 4.74 Å². The number of likely N-dealkylation sites (N-methyl/N-ethyl adjacent to an activating group) is 1. The van der Waals surface area contributed by atoms with E-state index in [2.05, 4.69) is 10.6 Å². The fourth-order valence-corrected chi connectivity index (χ4v) is 2.61. The van der Waals surface area contributed by atoms with E-state index in [-0.39, 0.29) is 23.7 Å². The Hall–Kier alpha value is -1.63. The van der Waals surface area contributed by atoms with Crippen LogP contribution in [0, 0.1) is 5.92 Å². The molecule has 126 valence electrons. The highest BCUT2D eigenvalue weighted by Gasteiger charge is 2.29. The Morgan fingerprint density at radius 2 is 1.86 bits per heavy atom. The minimum Gasteiger partial charge on any atom is -0.466 e. The Balaban J connectivity index is 2.30. The van der Waals surface area contributed by atoms with Gasteiger partial charge in [0.1, 0.15) is 6.04 Å². The average Bonchev–Trinajstić information content (AvgIpc) is 2.48. The van der Waals surface area contributed by atoms with Gasteiger partial charge in [0.25, 0.3) is 5.91 Å². The summed E-state index contributed by atoms with van der Waals surface area (Å²) in [6.45, 7) is 8.14. The molecule has 1 aliphatic heterocycles. The molecule has 1 fully saturated rings. The second-order valence-electron chi connectivity index (χ2n) is 5.64. The van der Waals surface area contributed by atoms with Crippen molar-refractivity contribution >= 4 is 17.8 Å². The van der Waals surface area contributed by atoms with Crippen molar-refractivity contribution in [2.75, 3.05) is 32.8 Å². The molecule has 0 bridgehead atoms. The first kappa shape index (κ1) is 18.4. The predicted molar refractivity (Wildman–Crippen MR) is 81.2 cm³/mol. The Morgan fingerprint density at radius 1 is 1.23 bits per heavy atom. The molecule has 1 rings (SSSR count). The molecule has 7 heteroatoms. The Kier molecular flexibility index (Phi) is 7.87. The van der Waals surface area contributed by atoms with Gasteiger partial charge in [-0.25, -0.2) is 0 Å². The van der Waals surface area contributed by atoms with Gasteiger partial charge in [0, 0.05) is 19.4 Å². The number of carbonyl (C=O) groups is 3. The number of rotatable bonds is 7. The van der Waals surface area contributed by atoms with E-state index in [1.54, 1.807) is 13.8 Å². The van der Waals surface area contributed by atoms with Crippen LogP contribution in [-0.2, 0) is 19.1 Å². The van der Waals surface area contributed by atoms with Crippen LogP contribution in [0.2, 0.25) is 0 Å². The maximum Gasteiger partial charge on any atom is 0.309 e. The van der Waals surface area contributed by atoms with Crippen molar-refractivity contribution < 1.29 is 24.0 Å². The van der Waals surface area contributed by atoms with Crippen molar-refractivity contribution in [3.05, 3.63) is 0 Å². The minimum atomic E-state index is -0.524. The fraction of sp³-hybridized carbons (Fsp3) is 0.800. The van der Waals surface area contributed by atoms with Gasteiger partial charge in [-0.1, -0.05) is 0 Å². The lowest BCUT2D eigenvalue weighted by Gasteiger charge is -2.27. The summed E-state index contributed by atoms with van der Waals surface area (Å²) in [5.41, 5.74) is 0. The molecular weight excluding hydrogens is 286 g/mol. The fourth-order valence-electron chi connectivity index (χ4n) is 2.61. The number of esters is 1. The number of hydrogen-bond acceptors (Lipinski definition) is 4. The molecule has 0 spiro atoms. The van der Waals surface area contributed by atoms with Crippen LogP contribution in [0.5, 0.6) is 0 Å². The van der Waals surface area contributed by atoms with Crippen molar-refractivity contribution in [1.29, 1.82) is 0 Å². The zero-order valence-corrected chi connectivity index (χ0v) is 13.7. The van der Waals surface area contributed by atoms with E-state index in [0.717, 1.165) is 30.8 Å². The molecule has 0 aromatic heterocycles. The molecule has 0 aromatic carbocycles. The predicted octanol–water partition coefficient (Wildman–Crippen LogP) is -1.51. The number of ether oxygens (including phenoxy) is 1. The minimum absolute atomic E-state index is 0.0407. The Bertz CT molecular complexity index is 392. The standard InChI is InChI=1S/C15H27N3O4/c1-4-16-14(20)11(3)17-13(19)10-18-8-6-12(7-9-18)15(21)22-5-2/h11-12H,4-10H2,1-3H3,(H,16,20)(H,17,19)/p+1/t11-/m1/s1. The molecule has 1 atom stereocenters. The van der Waals surface area contributed by atoms with Gasteiger partial charge in [-0.2, -0.15) is 0 Å². The van der Waals surface area contributed by atoms with Crippen molar-refractivity contribution in [1.82, 2.24) is 10.6 Å². The van der Waals surface area contributed by atoms with Crippen LogP contribution in [0.3, 0.4) is 0 Å². The summed E-state index contributed by atoms with van der Waals surface area (Å²) < 4.78 is 5.03. The van der Waals surface area contributed by atoms with Gasteiger partial charge in [0.15, 0.2) is 6.54 Å². The van der Waals surface area contributed by atoms with Crippen LogP contribution in [0.1, 0.15) is 33.6 Å². The molecule has 7 nitrogen and oxygen atoms in total. The second kappa shape index (κ2) is 9.40. The Morgan fingerprint density at radius 3 is 2.41 bits per heavy atom. The van der Waals surface area contributed by atoms with Gasteiger partial charge in [0.05, 0.1) is 25.6 Å². The SMILES string of the molecule is CCNC(=O)[C@@H](C)NC(=O)C[NH+]1CCC(C(=O)OCC)CC1. The third-order valence-electron chi connectivity index (χ3n) is 3.84. The maximum absolute atomic E-state index is 11.9. The summed E-state index contributed by atoms with van der Waals surface area (Å²) in [5.74, 6) is -0.480. The number of quaternary nitrogens is 1. The highest BCUT2D eigenvalue weighted by Crippen LogP contribution is 2.11. The number of likely N-dealkylation sites (tertiary alicyclic amines) is 1. The van der Waals surface area contributed by atoms with Crippen molar-refractivity contribution in [2.45, 2.75) is 39.7 Å². The topological polar surface area (TPSA) is 88.9 Å². The molecular formula is C15H28N3O4+. The number of amides is 2. The monoisotopic (exact) mass is 314 g/mol. The van der Waals surface area contributed by atoms with Crippen LogP contribution in [0.15, 0.2) is 0 Å². The number of nitrogens with one attached hydrogen (secondary N) is 3. The van der Waals surface area contributed by atoms with Crippen molar-refractivity contribution in [3.8, 4) is 0 Å². The van der Waals surface area contributed by atoms with Gasteiger partial charge in [-0.15, -0.1) is 0 Å². The molecule has 22 heavy (non-hydrogen) atoms. The van der Waals surface area contributed by atoms with Crippen LogP contribution in [0.25, 0.3) is 0 Å². The zero-order chi connectivity index (χ0) is 16.5. The molecule has 0 unspecified atom stereocenters. The number of carbonyl (C=O) groups excluding carboxylic acids is 3. The van der Waals surface area contributed by atoms with Gasteiger partial charge >= 0.3 is 5.97 Å². The lowest BCUT2D eigenvalue weighted by Crippen LogP contribution is -3.14. The lowest BCUT2D eigenvalue weighted by molar-refractivity contribution is -0.897. The highest BCUT2D eigenvalue weighted by molar-refractivity contribution is 5.87. The van der Waals surface area contributed by atoms with Crippen LogP contribution in [0.4, 0.5) is 0 Å². The van der Waals surface area contributed by atoms with Gasteiger partial charge in [-0.05, 0) is 20.8 Å². The van der Waals surface area contributed by atoms with E-state index < -0.39 is 6.04 Å². The van der Waals surface area contributed by atoms with E-state index in [0.29, 0.717) is 19.7 Å². The largest absolute Gasteiger partial charge is 0.466 e. The molecule has 2 amide bonds. The molecule has 0 radical (unpaired) electrons. The molecule has 1 heterocycles. The molecule has 1 aliphatic rings. The first-order valence-electron chi connectivity index (χ1n) is 8.05. The second-order valence-corrected chi connectivity index (χ2v) is 5.64. The Labute approximate surface area is 131 Å². The molecule has 1 saturated heterocycles. The molecule has 0 saturated carbocycles. The van der Waals surface area contributed by atoms with Crippen LogP contribution in [-0.4, -0.2) is 56.6 Å². The third-order valence-corrected chi connectivity index (χ3v) is 3.84. The average molecular weight is 314 g/mol. The highest BCUT2D eigenvalue weighted by atomic mass is 16.5. The quantitative estimate of drug-likeness (QED) is 0.498. The van der Waals surface area contributed by atoms with Crippen molar-refractivity contribution in [2.24, 2.45) is 5.92 Å². The maximum atomic E-state index is 11.9. The van der Waals surface area contributed by atoms with E-state index >= 15 is 0 Å². The van der Waals surface area contributed by atoms with Gasteiger partial charge < -0.3 is 20.3 Å². The summed E-state index contributed by atoms with van der Waals surface area (Å²) in [7, 11) is 0. The zero-order valence-electron chi connectivity index (χ0n) is 13.7. The normalized spacial score (nSPS) is 22.5. The summed E-state index contributed by atoms with van der Waals surface area (Å²) in [4.78, 5) is 36.3. The van der Waals surface area contributed by atoms with Gasteiger partial charge in [0.2, 0.25) is 5.91 Å². The summed E-state index contributed by atoms with van der Waals surface area (Å²) in [6, 6.07) is -0.524. The van der Waals surface area contributed by atoms with Crippen molar-refractivity contribution in [3.63, 3.8) is 0 Å².